The van der Waals surface area contributed by atoms with Gasteiger partial charge in [0, 0.05) is 20.6 Å². The van der Waals surface area contributed by atoms with Crippen LogP contribution in [-0.2, 0) is 43.5 Å². The molecule has 0 aromatic heterocycles. The van der Waals surface area contributed by atoms with E-state index in [4.69, 9.17) is 23.7 Å². The Balaban J connectivity index is 1.71. The summed E-state index contributed by atoms with van der Waals surface area (Å²) in [5.41, 5.74) is 3.12. The number of benzene rings is 3. The van der Waals surface area contributed by atoms with E-state index >= 15 is 0 Å². The molecule has 1 N–H and O–H groups in total. The third-order valence-electron chi connectivity index (χ3n) is 5.95. The molecule has 0 spiro atoms. The first-order chi connectivity index (χ1) is 17.7. The van der Waals surface area contributed by atoms with Crippen molar-refractivity contribution in [1.82, 2.24) is 0 Å². The average Bonchev–Trinajstić information content (AvgIpc) is 2.93. The minimum absolute atomic E-state index is 0.123. The largest absolute Gasteiger partial charge is 0.388 e. The Morgan fingerprint density at radius 2 is 1.08 bits per heavy atom. The molecule has 3 aromatic carbocycles. The van der Waals surface area contributed by atoms with Crippen LogP contribution in [0.2, 0.25) is 0 Å². The van der Waals surface area contributed by atoms with E-state index in [1.165, 1.54) is 0 Å². The first kappa shape index (κ1) is 28.0. The smallest absolute Gasteiger partial charge is 0.156 e. The van der Waals surface area contributed by atoms with Gasteiger partial charge in [0.2, 0.25) is 0 Å². The summed E-state index contributed by atoms with van der Waals surface area (Å²) in [6.07, 6.45) is -1.10. The first-order valence-corrected chi connectivity index (χ1v) is 12.4. The number of hydrogen-bond acceptors (Lipinski definition) is 6. The number of hydrogen-bond donors (Lipinski definition) is 1. The topological polar surface area (TPSA) is 66.4 Å². The van der Waals surface area contributed by atoms with Crippen molar-refractivity contribution in [1.29, 1.82) is 0 Å². The van der Waals surface area contributed by atoms with E-state index in [0.29, 0.717) is 32.7 Å². The summed E-state index contributed by atoms with van der Waals surface area (Å²) in [4.78, 5) is 0. The molecule has 0 saturated heterocycles. The molecule has 36 heavy (non-hydrogen) atoms. The van der Waals surface area contributed by atoms with Crippen molar-refractivity contribution in [2.24, 2.45) is 0 Å². The summed E-state index contributed by atoms with van der Waals surface area (Å²) in [7, 11) is 3.23. The van der Waals surface area contributed by atoms with E-state index in [-0.39, 0.29) is 12.9 Å². The van der Waals surface area contributed by atoms with Gasteiger partial charge in [0.25, 0.3) is 0 Å². The number of ether oxygens (including phenoxy) is 5. The lowest BCUT2D eigenvalue weighted by atomic mass is 10.0. The van der Waals surface area contributed by atoms with Crippen LogP contribution < -0.4 is 0 Å². The van der Waals surface area contributed by atoms with E-state index in [0.717, 1.165) is 16.7 Å². The third kappa shape index (κ3) is 9.82. The van der Waals surface area contributed by atoms with Gasteiger partial charge in [-0.3, -0.25) is 0 Å². The second kappa shape index (κ2) is 16.2. The van der Waals surface area contributed by atoms with Crippen LogP contribution >= 0.6 is 0 Å². The summed E-state index contributed by atoms with van der Waals surface area (Å²) < 4.78 is 29.3. The van der Waals surface area contributed by atoms with Crippen molar-refractivity contribution in [3.05, 3.63) is 108 Å². The minimum atomic E-state index is -0.887. The van der Waals surface area contributed by atoms with Gasteiger partial charge in [-0.15, -0.1) is 0 Å². The monoisotopic (exact) mass is 494 g/mol. The van der Waals surface area contributed by atoms with Crippen molar-refractivity contribution in [2.45, 2.75) is 57.3 Å². The third-order valence-corrected chi connectivity index (χ3v) is 5.95. The van der Waals surface area contributed by atoms with Gasteiger partial charge in [-0.25, -0.2) is 0 Å². The molecular weight excluding hydrogens is 456 g/mol. The van der Waals surface area contributed by atoms with Crippen molar-refractivity contribution in [3.63, 3.8) is 0 Å². The van der Waals surface area contributed by atoms with E-state index in [9.17, 15) is 5.11 Å². The molecule has 0 saturated carbocycles. The Morgan fingerprint density at radius 3 is 1.58 bits per heavy atom. The molecule has 0 aliphatic heterocycles. The predicted octanol–water partition coefficient (Wildman–Crippen LogP) is 5.13. The van der Waals surface area contributed by atoms with Gasteiger partial charge in [0.1, 0.15) is 12.2 Å². The van der Waals surface area contributed by atoms with E-state index in [2.05, 4.69) is 0 Å². The van der Waals surface area contributed by atoms with Crippen LogP contribution in [0.25, 0.3) is 0 Å². The Bertz CT molecular complexity index is 933. The highest BCUT2D eigenvalue weighted by atomic mass is 16.7. The van der Waals surface area contributed by atoms with Crippen molar-refractivity contribution in [3.8, 4) is 0 Å². The molecule has 3 atom stereocenters. The molecule has 0 aliphatic rings. The Labute approximate surface area is 214 Å². The lowest BCUT2D eigenvalue weighted by Gasteiger charge is -2.32. The zero-order valence-electron chi connectivity index (χ0n) is 21.2. The normalized spacial score (nSPS) is 14.0. The summed E-state index contributed by atoms with van der Waals surface area (Å²) in [5.74, 6) is 0. The Hall–Kier alpha value is -2.58. The molecule has 3 aromatic rings. The zero-order chi connectivity index (χ0) is 25.4. The van der Waals surface area contributed by atoms with E-state index in [1.807, 2.05) is 91.0 Å². The molecule has 0 bridgehead atoms. The number of rotatable bonds is 17. The van der Waals surface area contributed by atoms with Gasteiger partial charge in [0.05, 0.1) is 32.5 Å². The van der Waals surface area contributed by atoms with Crippen LogP contribution in [0.5, 0.6) is 0 Å². The molecule has 6 nitrogen and oxygen atoms in total. The number of aliphatic hydroxyl groups excluding tert-OH is 1. The van der Waals surface area contributed by atoms with Gasteiger partial charge in [-0.2, -0.15) is 0 Å². The van der Waals surface area contributed by atoms with Gasteiger partial charge >= 0.3 is 0 Å². The maximum absolute atomic E-state index is 11.2. The lowest BCUT2D eigenvalue weighted by Crippen LogP contribution is -2.44. The SMILES string of the molecule is COC(CC[C@@H](OCc1ccccc1)[C@H](OCc1ccccc1)[C@H](O)COCc1ccccc1)OC. The summed E-state index contributed by atoms with van der Waals surface area (Å²) in [6, 6.07) is 29.8. The molecule has 0 aliphatic carbocycles. The fourth-order valence-corrected chi connectivity index (χ4v) is 3.95. The van der Waals surface area contributed by atoms with Crippen molar-refractivity contribution in [2.75, 3.05) is 20.8 Å². The highest BCUT2D eigenvalue weighted by Gasteiger charge is 2.31. The van der Waals surface area contributed by atoms with E-state index in [1.54, 1.807) is 14.2 Å². The quantitative estimate of drug-likeness (QED) is 0.262. The fourth-order valence-electron chi connectivity index (χ4n) is 3.95. The molecular formula is C30H38O6. The highest BCUT2D eigenvalue weighted by Crippen LogP contribution is 2.21. The van der Waals surface area contributed by atoms with Gasteiger partial charge in [-0.1, -0.05) is 91.0 Å². The van der Waals surface area contributed by atoms with Crippen LogP contribution in [0.4, 0.5) is 0 Å². The van der Waals surface area contributed by atoms with Crippen LogP contribution in [0.3, 0.4) is 0 Å². The molecule has 0 radical (unpaired) electrons. The predicted molar refractivity (Wildman–Crippen MR) is 139 cm³/mol. The molecule has 0 unspecified atom stereocenters. The molecule has 0 amide bonds. The van der Waals surface area contributed by atoms with Crippen molar-refractivity contribution >= 4 is 0 Å². The van der Waals surface area contributed by atoms with Gasteiger partial charge < -0.3 is 28.8 Å². The molecule has 194 valence electrons. The summed E-state index contributed by atoms with van der Waals surface area (Å²) in [5, 5.41) is 11.2. The van der Waals surface area contributed by atoms with Crippen LogP contribution in [-0.4, -0.2) is 50.5 Å². The molecule has 0 fully saturated rings. The molecule has 0 heterocycles. The highest BCUT2D eigenvalue weighted by molar-refractivity contribution is 5.15. The second-order valence-corrected chi connectivity index (χ2v) is 8.64. The Kier molecular flexibility index (Phi) is 12.6. The average molecular weight is 495 g/mol. The summed E-state index contributed by atoms with van der Waals surface area (Å²) in [6.45, 7) is 1.29. The Morgan fingerprint density at radius 1 is 0.611 bits per heavy atom. The van der Waals surface area contributed by atoms with Crippen LogP contribution in [0.1, 0.15) is 29.5 Å². The fraction of sp³-hybridized carbons (Fsp3) is 0.400. The standard InChI is InChI=1S/C30H38O6/c1-32-29(33-2)19-18-28(35-21-25-14-8-4-9-15-25)30(36-22-26-16-10-5-11-17-26)27(31)23-34-20-24-12-6-3-7-13-24/h3-17,27-31H,18-23H2,1-2H3/t27-,28-,30-/m1/s1. The maximum Gasteiger partial charge on any atom is 0.156 e. The van der Waals surface area contributed by atoms with Crippen molar-refractivity contribution < 1.29 is 28.8 Å². The maximum atomic E-state index is 11.2. The van der Waals surface area contributed by atoms with Gasteiger partial charge in [0.15, 0.2) is 6.29 Å². The number of aliphatic hydroxyl groups is 1. The lowest BCUT2D eigenvalue weighted by molar-refractivity contribution is -0.160. The van der Waals surface area contributed by atoms with Crippen LogP contribution in [0, 0.1) is 0 Å². The minimum Gasteiger partial charge on any atom is -0.388 e. The van der Waals surface area contributed by atoms with Gasteiger partial charge in [-0.05, 0) is 23.1 Å². The molecule has 6 heteroatoms. The van der Waals surface area contributed by atoms with E-state index < -0.39 is 18.3 Å². The zero-order valence-corrected chi connectivity index (χ0v) is 21.2. The number of methoxy groups -OCH3 is 2. The first-order valence-electron chi connectivity index (χ1n) is 12.4. The second-order valence-electron chi connectivity index (χ2n) is 8.64. The summed E-state index contributed by atoms with van der Waals surface area (Å²) >= 11 is 0. The van der Waals surface area contributed by atoms with Crippen LogP contribution in [0.15, 0.2) is 91.0 Å². The molecule has 3 rings (SSSR count).